The van der Waals surface area contributed by atoms with Crippen LogP contribution in [0.4, 0.5) is 50.0 Å². The summed E-state index contributed by atoms with van der Waals surface area (Å²) in [5.74, 6) is -3.53. The molecule has 0 radical (unpaired) electrons. The molecule has 0 aliphatic carbocycles. The average molecular weight is 599 g/mol. The predicted molar refractivity (Wildman–Crippen MR) is 128 cm³/mol. The van der Waals surface area contributed by atoms with Crippen molar-refractivity contribution in [3.8, 4) is 0 Å². The number of esters is 1. The van der Waals surface area contributed by atoms with Crippen LogP contribution in [0.25, 0.3) is 0 Å². The number of benzene rings is 2. The fourth-order valence-electron chi connectivity index (χ4n) is 4.98. The van der Waals surface area contributed by atoms with Gasteiger partial charge in [0.15, 0.2) is 0 Å². The van der Waals surface area contributed by atoms with Crippen molar-refractivity contribution < 1.29 is 58.6 Å². The van der Waals surface area contributed by atoms with Crippen molar-refractivity contribution >= 4 is 17.7 Å². The number of hydrogen-bond acceptors (Lipinski definition) is 4. The minimum Gasteiger partial charge on any atom is -0.465 e. The maximum atomic E-state index is 13.7. The van der Waals surface area contributed by atoms with E-state index >= 15 is 0 Å². The van der Waals surface area contributed by atoms with E-state index in [9.17, 15) is 49.1 Å². The normalized spacial score (nSPS) is 18.5. The molecule has 0 aromatic heterocycles. The number of carbonyl (C=O) groups is 2. The molecule has 0 saturated heterocycles. The fraction of sp³-hybridized carbons (Fsp3) is 0.481. The summed E-state index contributed by atoms with van der Waals surface area (Å²) in [7, 11) is 0. The van der Waals surface area contributed by atoms with Crippen LogP contribution in [0.1, 0.15) is 73.3 Å². The van der Waals surface area contributed by atoms with Crippen LogP contribution in [0.2, 0.25) is 0 Å². The van der Waals surface area contributed by atoms with Gasteiger partial charge >= 0.3 is 30.6 Å². The quantitative estimate of drug-likeness (QED) is 0.248. The summed E-state index contributed by atoms with van der Waals surface area (Å²) in [4.78, 5) is 25.7. The Balaban J connectivity index is 2.33. The largest absolute Gasteiger partial charge is 0.465 e. The van der Waals surface area contributed by atoms with Crippen LogP contribution in [0.3, 0.4) is 0 Å². The summed E-state index contributed by atoms with van der Waals surface area (Å²) in [6, 6.07) is 2.55. The van der Waals surface area contributed by atoms with Crippen molar-refractivity contribution in [2.24, 2.45) is 0 Å². The van der Waals surface area contributed by atoms with Gasteiger partial charge in [-0.25, -0.2) is 4.79 Å². The summed E-state index contributed by atoms with van der Waals surface area (Å²) < 4.78 is 133. The predicted octanol–water partition coefficient (Wildman–Crippen LogP) is 8.32. The van der Waals surface area contributed by atoms with E-state index in [0.29, 0.717) is 24.3 Å². The zero-order chi connectivity index (χ0) is 30.9. The molecule has 14 heteroatoms. The number of ether oxygens (including phenoxy) is 2. The molecule has 0 saturated carbocycles. The third-order valence-corrected chi connectivity index (χ3v) is 6.83. The molecule has 226 valence electrons. The van der Waals surface area contributed by atoms with Gasteiger partial charge < -0.3 is 9.47 Å². The highest BCUT2D eigenvalue weighted by molar-refractivity contribution is 5.90. The SMILES string of the molecule is CCOC(=O)N1c2ccc(C(F)(F)F)cc2[C@@H]([C@H](COC(C)=O)c2cc(C(F)(F)F)cc(C(F)(F)F)c2)C[C@H]1CC. The minimum atomic E-state index is -5.19. The third kappa shape index (κ3) is 7.25. The van der Waals surface area contributed by atoms with E-state index in [2.05, 4.69) is 0 Å². The molecule has 1 aliphatic heterocycles. The van der Waals surface area contributed by atoms with Crippen molar-refractivity contribution in [2.75, 3.05) is 18.1 Å². The lowest BCUT2D eigenvalue weighted by Gasteiger charge is -2.43. The average Bonchev–Trinajstić information content (AvgIpc) is 2.86. The van der Waals surface area contributed by atoms with Gasteiger partial charge in [0.25, 0.3) is 0 Å². The van der Waals surface area contributed by atoms with Gasteiger partial charge in [0.1, 0.15) is 0 Å². The summed E-state index contributed by atoms with van der Waals surface area (Å²) in [5.41, 5.74) is -5.16. The van der Waals surface area contributed by atoms with Crippen LogP contribution >= 0.6 is 0 Å². The lowest BCUT2D eigenvalue weighted by Crippen LogP contribution is -2.46. The highest BCUT2D eigenvalue weighted by atomic mass is 19.4. The number of carbonyl (C=O) groups excluding carboxylic acids is 2. The Hall–Kier alpha value is -3.45. The molecule has 5 nitrogen and oxygen atoms in total. The molecule has 1 heterocycles. The van der Waals surface area contributed by atoms with E-state index in [-0.39, 0.29) is 36.8 Å². The van der Waals surface area contributed by atoms with Crippen LogP contribution in [0.15, 0.2) is 36.4 Å². The summed E-state index contributed by atoms with van der Waals surface area (Å²) >= 11 is 0. The van der Waals surface area contributed by atoms with Gasteiger partial charge in [-0.1, -0.05) is 6.92 Å². The molecule has 0 bridgehead atoms. The molecule has 0 spiro atoms. The Kier molecular flexibility index (Phi) is 9.23. The highest BCUT2D eigenvalue weighted by Gasteiger charge is 2.44. The second-order valence-corrected chi connectivity index (χ2v) is 9.49. The first-order valence-electron chi connectivity index (χ1n) is 12.5. The molecule has 2 aromatic rings. The zero-order valence-electron chi connectivity index (χ0n) is 22.0. The lowest BCUT2D eigenvalue weighted by atomic mass is 9.73. The number of halogens is 9. The number of rotatable bonds is 6. The standard InChI is InChI=1S/C27H26F9NO4/c1-4-19-12-20(21-11-16(25(28,29)30)6-7-23(21)37(19)24(39)40-5-2)22(13-41-14(3)38)15-8-17(26(31,32)33)10-18(9-15)27(34,35)36/h6-11,19-20,22H,4-5,12-13H2,1-3H3/t19-,20+,22-/m1/s1. The Morgan fingerprint density at radius 2 is 1.41 bits per heavy atom. The smallest absolute Gasteiger partial charge is 0.416 e. The molecule has 3 atom stereocenters. The molecule has 0 unspecified atom stereocenters. The number of hydrogen-bond donors (Lipinski definition) is 0. The molecule has 41 heavy (non-hydrogen) atoms. The Bertz CT molecular complexity index is 1240. The molecule has 2 aromatic carbocycles. The molecular formula is C27H26F9NO4. The Morgan fingerprint density at radius 3 is 1.88 bits per heavy atom. The third-order valence-electron chi connectivity index (χ3n) is 6.83. The Labute approximate surface area is 229 Å². The number of fused-ring (bicyclic) bond motifs is 1. The summed E-state index contributed by atoms with van der Waals surface area (Å²) in [5, 5.41) is 0. The van der Waals surface area contributed by atoms with Crippen LogP contribution < -0.4 is 4.90 Å². The second-order valence-electron chi connectivity index (χ2n) is 9.49. The first-order chi connectivity index (χ1) is 18.9. The molecule has 0 N–H and O–H groups in total. The van der Waals surface area contributed by atoms with Crippen molar-refractivity contribution in [1.29, 1.82) is 0 Å². The van der Waals surface area contributed by atoms with Crippen molar-refractivity contribution in [2.45, 2.75) is 70.0 Å². The van der Waals surface area contributed by atoms with E-state index in [1.807, 2.05) is 0 Å². The van der Waals surface area contributed by atoms with Gasteiger partial charge in [0, 0.05) is 18.9 Å². The topological polar surface area (TPSA) is 55.8 Å². The second kappa shape index (κ2) is 11.8. The van der Waals surface area contributed by atoms with Crippen LogP contribution in [0.5, 0.6) is 0 Å². The van der Waals surface area contributed by atoms with Gasteiger partial charge in [0.05, 0.1) is 35.6 Å². The highest BCUT2D eigenvalue weighted by Crippen LogP contribution is 2.50. The molecule has 1 aliphatic rings. The van der Waals surface area contributed by atoms with E-state index in [0.717, 1.165) is 17.9 Å². The number of amides is 1. The maximum absolute atomic E-state index is 13.7. The number of nitrogens with zero attached hydrogens (tertiary/aromatic N) is 1. The van der Waals surface area contributed by atoms with E-state index in [4.69, 9.17) is 9.47 Å². The Morgan fingerprint density at radius 1 is 0.854 bits per heavy atom. The van der Waals surface area contributed by atoms with Gasteiger partial charge in [-0.3, -0.25) is 9.69 Å². The lowest BCUT2D eigenvalue weighted by molar-refractivity contribution is -0.144. The summed E-state index contributed by atoms with van der Waals surface area (Å²) in [6.07, 6.45) is -16.1. The molecule has 3 rings (SSSR count). The van der Waals surface area contributed by atoms with Crippen molar-refractivity contribution in [3.05, 3.63) is 64.2 Å². The first kappa shape index (κ1) is 32.1. The van der Waals surface area contributed by atoms with Crippen molar-refractivity contribution in [1.82, 2.24) is 0 Å². The van der Waals surface area contributed by atoms with Crippen LogP contribution in [0, 0.1) is 0 Å². The summed E-state index contributed by atoms with van der Waals surface area (Å²) in [6.45, 7) is 3.34. The van der Waals surface area contributed by atoms with Gasteiger partial charge in [-0.2, -0.15) is 39.5 Å². The number of alkyl halides is 9. The van der Waals surface area contributed by atoms with Gasteiger partial charge in [-0.15, -0.1) is 0 Å². The van der Waals surface area contributed by atoms with E-state index < -0.39 is 77.3 Å². The molecule has 0 fully saturated rings. The first-order valence-corrected chi connectivity index (χ1v) is 12.5. The van der Waals surface area contributed by atoms with Crippen LogP contribution in [-0.4, -0.2) is 31.3 Å². The zero-order valence-corrected chi connectivity index (χ0v) is 22.0. The fourth-order valence-corrected chi connectivity index (χ4v) is 4.98. The monoisotopic (exact) mass is 599 g/mol. The van der Waals surface area contributed by atoms with Crippen molar-refractivity contribution in [3.63, 3.8) is 0 Å². The molecular weight excluding hydrogens is 573 g/mol. The number of anilines is 1. The molecule has 1 amide bonds. The van der Waals surface area contributed by atoms with Gasteiger partial charge in [0.2, 0.25) is 0 Å². The maximum Gasteiger partial charge on any atom is 0.416 e. The van der Waals surface area contributed by atoms with Crippen LogP contribution in [-0.2, 0) is 32.8 Å². The van der Waals surface area contributed by atoms with E-state index in [1.165, 1.54) is 6.92 Å². The van der Waals surface area contributed by atoms with E-state index in [1.54, 1.807) is 6.92 Å². The van der Waals surface area contributed by atoms with Gasteiger partial charge in [-0.05, 0) is 73.2 Å². The minimum absolute atomic E-state index is 0.0459.